The number of nitrogens with zero attached hydrogens (tertiary/aromatic N) is 1. The molecular formula is C2H4NPa-. The first-order valence-electron chi connectivity index (χ1n) is 0.705. The molecule has 0 aromatic heterocycles. The van der Waals surface area contributed by atoms with Crippen LogP contribution in [0.25, 0.3) is 0 Å². The van der Waals surface area contributed by atoms with Crippen LogP contribution in [0, 0.1) is 32.3 Å². The topological polar surface area (TPSA) is 12.4 Å². The summed E-state index contributed by atoms with van der Waals surface area (Å²) >= 11 is 0. The van der Waals surface area contributed by atoms with Gasteiger partial charge in [-0.2, -0.15) is 0 Å². The molecule has 0 aromatic rings. The van der Waals surface area contributed by atoms with Gasteiger partial charge in [0.25, 0.3) is 0 Å². The SMILES string of the molecule is [CH-]=NC.[Pa]. The molecule has 4 heavy (non-hydrogen) atoms. The molecule has 0 bridgehead atoms. The van der Waals surface area contributed by atoms with Crippen molar-refractivity contribution >= 4 is 6.72 Å². The molecule has 0 saturated carbocycles. The van der Waals surface area contributed by atoms with Gasteiger partial charge in [-0.25, -0.2) is 0 Å². The van der Waals surface area contributed by atoms with E-state index in [1.807, 2.05) is 0 Å². The van der Waals surface area contributed by atoms with Gasteiger partial charge in [0.1, 0.15) is 0 Å². The summed E-state index contributed by atoms with van der Waals surface area (Å²) < 4.78 is 0. The van der Waals surface area contributed by atoms with Crippen LogP contribution in [-0.2, 0) is 0 Å². The molecule has 0 spiro atoms. The Bertz CT molecular complexity index is 13.5. The van der Waals surface area contributed by atoms with Crippen molar-refractivity contribution in [3.05, 3.63) is 0 Å². The van der Waals surface area contributed by atoms with Gasteiger partial charge in [0.2, 0.25) is 0 Å². The van der Waals surface area contributed by atoms with E-state index in [0.717, 1.165) is 0 Å². The molecular weight excluding hydrogens is 269 g/mol. The summed E-state index contributed by atoms with van der Waals surface area (Å²) in [6.07, 6.45) is 0. The van der Waals surface area contributed by atoms with Crippen molar-refractivity contribution in [2.45, 2.75) is 0 Å². The van der Waals surface area contributed by atoms with Crippen LogP contribution in [-0.4, -0.2) is 13.8 Å². The first-order valence-corrected chi connectivity index (χ1v) is 0.705. The molecule has 0 aromatic carbocycles. The Kier molecular flexibility index (Phi) is 20.4. The molecule has 0 fully saturated rings. The zero-order valence-corrected chi connectivity index (χ0v) is 7.41. The molecule has 1 nitrogen and oxygen atoms in total. The minimum Gasteiger partial charge on any atom is -0.509 e. The van der Waals surface area contributed by atoms with Crippen LogP contribution < -0.4 is 0 Å². The fourth-order valence-electron chi connectivity index (χ4n) is 0. The van der Waals surface area contributed by atoms with Gasteiger partial charge in [-0.05, 0) is 7.05 Å². The van der Waals surface area contributed by atoms with Gasteiger partial charge in [0, 0.05) is 32.3 Å². The Labute approximate surface area is 51.0 Å². The quantitative estimate of drug-likeness (QED) is 0.441. The van der Waals surface area contributed by atoms with Gasteiger partial charge < -0.3 is 11.7 Å². The van der Waals surface area contributed by atoms with Gasteiger partial charge >= 0.3 is 0 Å². The molecule has 0 aliphatic rings. The maximum absolute atomic E-state index is 4.47. The minimum atomic E-state index is 0. The van der Waals surface area contributed by atoms with Crippen LogP contribution in [0.2, 0.25) is 0 Å². The van der Waals surface area contributed by atoms with Gasteiger partial charge in [-0.3, -0.25) is 0 Å². The third kappa shape index (κ3) is 14.8. The Morgan fingerprint density at radius 3 is 1.75 bits per heavy atom. The summed E-state index contributed by atoms with van der Waals surface area (Å²) in [4.78, 5) is 3.00. The van der Waals surface area contributed by atoms with E-state index in [1.165, 1.54) is 7.05 Å². The fraction of sp³-hybridized carbons (Fsp3) is 0.500. The van der Waals surface area contributed by atoms with E-state index in [9.17, 15) is 0 Å². The van der Waals surface area contributed by atoms with Crippen LogP contribution in [0.1, 0.15) is 0 Å². The number of hydrogen-bond acceptors (Lipinski definition) is 1. The molecule has 0 unspecified atom stereocenters. The van der Waals surface area contributed by atoms with E-state index in [4.69, 9.17) is 0 Å². The van der Waals surface area contributed by atoms with E-state index in [1.54, 1.807) is 0 Å². The molecule has 1 radical (unpaired) electrons. The summed E-state index contributed by atoms with van der Waals surface area (Å²) in [5, 5.41) is 0. The predicted octanol–water partition coefficient (Wildman–Crippen LogP) is 0.194. The second kappa shape index (κ2) is 9.25. The number of aliphatic imine (C=N–C) groups is 1. The Balaban J connectivity index is 0. The number of rotatable bonds is 0. The van der Waals surface area contributed by atoms with Gasteiger partial charge in [-0.15, -0.1) is 0 Å². The van der Waals surface area contributed by atoms with Crippen molar-refractivity contribution in [3.63, 3.8) is 0 Å². The summed E-state index contributed by atoms with van der Waals surface area (Å²) in [6.45, 7) is 4.47. The maximum Gasteiger partial charge on any atom is 0 e. The van der Waals surface area contributed by atoms with Crippen LogP contribution in [0.5, 0.6) is 0 Å². The Morgan fingerprint density at radius 1 is 1.75 bits per heavy atom. The molecule has 0 saturated heterocycles. The molecule has 21 valence electrons. The van der Waals surface area contributed by atoms with Crippen molar-refractivity contribution in [2.75, 3.05) is 7.05 Å². The van der Waals surface area contributed by atoms with Gasteiger partial charge in [0.15, 0.2) is 0 Å². The second-order valence-electron chi connectivity index (χ2n) is 0.258. The molecule has 0 heterocycles. The molecule has 0 aliphatic heterocycles. The normalized spacial score (nSPS) is 3.25. The molecule has 0 rings (SSSR count). The fourth-order valence-corrected chi connectivity index (χ4v) is 0. The van der Waals surface area contributed by atoms with E-state index < -0.39 is 0 Å². The third-order valence-electron chi connectivity index (χ3n) is 0. The van der Waals surface area contributed by atoms with Crippen molar-refractivity contribution < 1.29 is 32.3 Å². The smallest absolute Gasteiger partial charge is 0 e. The molecule has 0 aliphatic carbocycles. The minimum absolute atomic E-state index is 0. The van der Waals surface area contributed by atoms with E-state index in [0.29, 0.717) is 0 Å². The maximum atomic E-state index is 4.47. The van der Waals surface area contributed by atoms with Crippen molar-refractivity contribution in [3.8, 4) is 0 Å². The predicted molar refractivity (Wildman–Crippen MR) is 14.4 cm³/mol. The monoisotopic (exact) mass is 273 g/mol. The summed E-state index contributed by atoms with van der Waals surface area (Å²) in [7, 11) is 1.53. The van der Waals surface area contributed by atoms with Crippen molar-refractivity contribution in [1.82, 2.24) is 0 Å². The van der Waals surface area contributed by atoms with Crippen LogP contribution >= 0.6 is 0 Å². The van der Waals surface area contributed by atoms with E-state index >= 15 is 0 Å². The molecule has 0 N–H and O–H groups in total. The zero-order chi connectivity index (χ0) is 2.71. The second-order valence-corrected chi connectivity index (χ2v) is 0.258. The third-order valence-corrected chi connectivity index (χ3v) is 0. The Hall–Kier alpha value is 0.761. The molecule has 0 atom stereocenters. The molecule has 2 heteroatoms. The summed E-state index contributed by atoms with van der Waals surface area (Å²) in [5.74, 6) is 0. The van der Waals surface area contributed by atoms with E-state index in [-0.39, 0.29) is 32.3 Å². The number of hydrogen-bond donors (Lipinski definition) is 0. The average Bonchev–Trinajstić information content (AvgIpc) is 0.918. The van der Waals surface area contributed by atoms with Crippen LogP contribution in [0.4, 0.5) is 0 Å². The standard InChI is InChI=1S/C2H4N.Pa/c1-3-2;/h1H,2H3;/q-1;. The van der Waals surface area contributed by atoms with Crippen LogP contribution in [0.15, 0.2) is 4.99 Å². The first-order chi connectivity index (χ1) is 1.41. The first kappa shape index (κ1) is 8.83. The largest absolute Gasteiger partial charge is 0.509 e. The summed E-state index contributed by atoms with van der Waals surface area (Å²) in [6, 6.07) is 0. The Morgan fingerprint density at radius 2 is 1.75 bits per heavy atom. The van der Waals surface area contributed by atoms with Gasteiger partial charge in [-0.1, -0.05) is 0 Å². The van der Waals surface area contributed by atoms with Crippen LogP contribution in [0.3, 0.4) is 0 Å². The summed E-state index contributed by atoms with van der Waals surface area (Å²) in [5.41, 5.74) is 0. The van der Waals surface area contributed by atoms with Crippen molar-refractivity contribution in [1.29, 1.82) is 0 Å². The van der Waals surface area contributed by atoms with E-state index in [2.05, 4.69) is 11.7 Å². The van der Waals surface area contributed by atoms with Gasteiger partial charge in [0.05, 0.1) is 0 Å². The average molecular weight is 273 g/mol. The van der Waals surface area contributed by atoms with Crippen molar-refractivity contribution in [2.24, 2.45) is 4.99 Å². The molecule has 0 amide bonds. The zero-order valence-electron chi connectivity index (χ0n) is 2.60.